The predicted molar refractivity (Wildman–Crippen MR) is 73.9 cm³/mol. The van der Waals surface area contributed by atoms with Crippen molar-refractivity contribution < 1.29 is 14.6 Å². The summed E-state index contributed by atoms with van der Waals surface area (Å²) in [4.78, 5) is 11.4. The van der Waals surface area contributed by atoms with E-state index in [1.807, 2.05) is 12.1 Å². The van der Waals surface area contributed by atoms with Crippen molar-refractivity contribution in [2.75, 3.05) is 6.79 Å². The molecule has 0 atom stereocenters. The van der Waals surface area contributed by atoms with Crippen LogP contribution in [0.1, 0.15) is 21.5 Å². The van der Waals surface area contributed by atoms with Gasteiger partial charge in [-0.25, -0.2) is 4.79 Å². The molecule has 0 heterocycles. The summed E-state index contributed by atoms with van der Waals surface area (Å²) in [5, 5.41) is 8.54. The van der Waals surface area contributed by atoms with E-state index >= 15 is 0 Å². The first kappa shape index (κ1) is 13.3. The molecule has 19 heavy (non-hydrogen) atoms. The number of benzene rings is 2. The maximum Gasteiger partial charge on any atom is 0.340 e. The topological polar surface area (TPSA) is 46.5 Å². The summed E-state index contributed by atoms with van der Waals surface area (Å²) in [6, 6.07) is 13.4. The fraction of sp³-hybridized carbons (Fsp3) is 0.188. The highest BCUT2D eigenvalue weighted by atomic mass is 16.6. The van der Waals surface area contributed by atoms with E-state index in [0.29, 0.717) is 5.56 Å². The number of carbonyl (C=O) groups is 1. The highest BCUT2D eigenvalue weighted by Crippen LogP contribution is 2.22. The molecule has 0 unspecified atom stereocenters. The van der Waals surface area contributed by atoms with E-state index in [4.69, 9.17) is 5.11 Å². The third-order valence-electron chi connectivity index (χ3n) is 3.16. The molecule has 1 N–H and O–H groups in total. The van der Waals surface area contributed by atoms with Crippen LogP contribution in [-0.2, 0) is 4.74 Å². The Morgan fingerprint density at radius 2 is 1.63 bits per heavy atom. The Balaban J connectivity index is 2.27. The first-order valence-electron chi connectivity index (χ1n) is 6.07. The Morgan fingerprint density at radius 1 is 1.00 bits per heavy atom. The Hall–Kier alpha value is -2.13. The molecule has 0 aliphatic rings. The molecule has 0 saturated carbocycles. The lowest BCUT2D eigenvalue weighted by molar-refractivity contribution is 0.00684. The standard InChI is InChI=1S/C16H16O3/c1-11-3-4-15(9-12(11)2)13-5-7-14(8-6-13)16(18)19-10-17/h3-9,17H,10H2,1-2H3. The molecule has 3 heteroatoms. The molecule has 2 rings (SSSR count). The molecule has 0 fully saturated rings. The van der Waals surface area contributed by atoms with Gasteiger partial charge >= 0.3 is 5.97 Å². The van der Waals surface area contributed by atoms with Gasteiger partial charge in [0.05, 0.1) is 5.56 Å². The summed E-state index contributed by atoms with van der Waals surface area (Å²) in [7, 11) is 0. The summed E-state index contributed by atoms with van der Waals surface area (Å²) in [6.45, 7) is 3.55. The lowest BCUT2D eigenvalue weighted by atomic mass is 10.00. The summed E-state index contributed by atoms with van der Waals surface area (Å²) in [5.74, 6) is -0.519. The number of ether oxygens (including phenoxy) is 1. The van der Waals surface area contributed by atoms with Gasteiger partial charge in [0, 0.05) is 0 Å². The quantitative estimate of drug-likeness (QED) is 0.678. The van der Waals surface area contributed by atoms with Gasteiger partial charge in [-0.3, -0.25) is 0 Å². The van der Waals surface area contributed by atoms with Crippen LogP contribution in [0.2, 0.25) is 0 Å². The second-order valence-electron chi connectivity index (χ2n) is 4.44. The third kappa shape index (κ3) is 3.01. The predicted octanol–water partition coefficient (Wildman–Crippen LogP) is 3.08. The van der Waals surface area contributed by atoms with Gasteiger partial charge in [-0.15, -0.1) is 0 Å². The average molecular weight is 256 g/mol. The molecule has 0 amide bonds. The Bertz CT molecular complexity index is 585. The zero-order chi connectivity index (χ0) is 13.8. The van der Waals surface area contributed by atoms with Gasteiger partial charge in [-0.1, -0.05) is 30.3 Å². The van der Waals surface area contributed by atoms with Crippen LogP contribution < -0.4 is 0 Å². The molecule has 0 saturated heterocycles. The van der Waals surface area contributed by atoms with Crippen LogP contribution in [0.3, 0.4) is 0 Å². The highest BCUT2D eigenvalue weighted by Gasteiger charge is 2.06. The minimum absolute atomic E-state index is 0.432. The van der Waals surface area contributed by atoms with Crippen molar-refractivity contribution in [1.82, 2.24) is 0 Å². The summed E-state index contributed by atoms with van der Waals surface area (Å²) < 4.78 is 4.52. The van der Waals surface area contributed by atoms with Crippen LogP contribution >= 0.6 is 0 Å². The second kappa shape index (κ2) is 5.67. The fourth-order valence-electron chi connectivity index (χ4n) is 1.86. The van der Waals surface area contributed by atoms with Gasteiger partial charge in [0.25, 0.3) is 0 Å². The highest BCUT2D eigenvalue weighted by molar-refractivity contribution is 5.90. The van der Waals surface area contributed by atoms with Crippen molar-refractivity contribution in [3.63, 3.8) is 0 Å². The fourth-order valence-corrected chi connectivity index (χ4v) is 1.86. The lowest BCUT2D eigenvalue weighted by Crippen LogP contribution is -2.05. The molecule has 0 aromatic heterocycles. The summed E-state index contributed by atoms with van der Waals surface area (Å²) >= 11 is 0. The first-order valence-corrected chi connectivity index (χ1v) is 6.07. The number of carbonyl (C=O) groups excluding carboxylic acids is 1. The molecular formula is C16H16O3. The monoisotopic (exact) mass is 256 g/mol. The number of esters is 1. The average Bonchev–Trinajstić information content (AvgIpc) is 2.42. The van der Waals surface area contributed by atoms with Crippen LogP contribution in [0.5, 0.6) is 0 Å². The van der Waals surface area contributed by atoms with Crippen molar-refractivity contribution in [2.24, 2.45) is 0 Å². The molecule has 98 valence electrons. The van der Waals surface area contributed by atoms with Gasteiger partial charge in [0.1, 0.15) is 0 Å². The molecule has 2 aromatic carbocycles. The summed E-state index contributed by atoms with van der Waals surface area (Å²) in [5.41, 5.74) is 5.09. The van der Waals surface area contributed by atoms with Crippen molar-refractivity contribution in [2.45, 2.75) is 13.8 Å². The number of aliphatic hydroxyl groups excluding tert-OH is 1. The van der Waals surface area contributed by atoms with Gasteiger partial charge in [-0.05, 0) is 48.2 Å². The van der Waals surface area contributed by atoms with Gasteiger partial charge in [0.15, 0.2) is 6.79 Å². The number of rotatable bonds is 3. The molecule has 0 bridgehead atoms. The Kier molecular flexibility index (Phi) is 3.97. The van der Waals surface area contributed by atoms with E-state index in [9.17, 15) is 4.79 Å². The molecule has 0 spiro atoms. The van der Waals surface area contributed by atoms with Crippen molar-refractivity contribution >= 4 is 5.97 Å². The van der Waals surface area contributed by atoms with E-state index < -0.39 is 12.8 Å². The van der Waals surface area contributed by atoms with E-state index in [1.165, 1.54) is 11.1 Å². The van der Waals surface area contributed by atoms with Gasteiger partial charge in [0.2, 0.25) is 0 Å². The Morgan fingerprint density at radius 3 is 2.21 bits per heavy atom. The molecule has 0 radical (unpaired) electrons. The maximum absolute atomic E-state index is 11.4. The third-order valence-corrected chi connectivity index (χ3v) is 3.16. The normalized spacial score (nSPS) is 10.3. The van der Waals surface area contributed by atoms with Crippen molar-refractivity contribution in [1.29, 1.82) is 0 Å². The number of hydrogen-bond donors (Lipinski definition) is 1. The number of hydrogen-bond acceptors (Lipinski definition) is 3. The molecule has 2 aromatic rings. The van der Waals surface area contributed by atoms with Crippen molar-refractivity contribution in [3.05, 3.63) is 59.2 Å². The van der Waals surface area contributed by atoms with E-state index in [-0.39, 0.29) is 0 Å². The number of aliphatic hydroxyl groups is 1. The summed E-state index contributed by atoms with van der Waals surface area (Å²) in [6.07, 6.45) is 0. The maximum atomic E-state index is 11.4. The van der Waals surface area contributed by atoms with E-state index in [2.05, 4.69) is 36.8 Å². The van der Waals surface area contributed by atoms with Crippen LogP contribution in [0.25, 0.3) is 11.1 Å². The Labute approximate surface area is 112 Å². The van der Waals surface area contributed by atoms with Crippen LogP contribution in [0.15, 0.2) is 42.5 Å². The van der Waals surface area contributed by atoms with Gasteiger partial charge < -0.3 is 9.84 Å². The molecule has 0 aliphatic carbocycles. The minimum Gasteiger partial charge on any atom is -0.435 e. The zero-order valence-corrected chi connectivity index (χ0v) is 11.0. The van der Waals surface area contributed by atoms with Crippen LogP contribution in [-0.4, -0.2) is 17.9 Å². The largest absolute Gasteiger partial charge is 0.435 e. The smallest absolute Gasteiger partial charge is 0.340 e. The van der Waals surface area contributed by atoms with Crippen LogP contribution in [0.4, 0.5) is 0 Å². The van der Waals surface area contributed by atoms with Crippen molar-refractivity contribution in [3.8, 4) is 11.1 Å². The van der Waals surface area contributed by atoms with Crippen LogP contribution in [0, 0.1) is 13.8 Å². The minimum atomic E-state index is -0.599. The van der Waals surface area contributed by atoms with E-state index in [0.717, 1.165) is 11.1 Å². The number of aryl methyl sites for hydroxylation is 2. The SMILES string of the molecule is Cc1ccc(-c2ccc(C(=O)OCO)cc2)cc1C. The van der Waals surface area contributed by atoms with E-state index in [1.54, 1.807) is 12.1 Å². The molecule has 0 aliphatic heterocycles. The zero-order valence-electron chi connectivity index (χ0n) is 11.0. The molecule has 3 nitrogen and oxygen atoms in total. The van der Waals surface area contributed by atoms with Gasteiger partial charge in [-0.2, -0.15) is 0 Å². The lowest BCUT2D eigenvalue weighted by Gasteiger charge is -2.06. The first-order chi connectivity index (χ1) is 9.11. The molecular weight excluding hydrogens is 240 g/mol. The second-order valence-corrected chi connectivity index (χ2v) is 4.44.